The Morgan fingerprint density at radius 1 is 1.00 bits per heavy atom. The number of nitrogens with zero attached hydrogens (tertiary/aromatic N) is 1. The zero-order valence-electron chi connectivity index (χ0n) is 15.8. The van der Waals surface area contributed by atoms with E-state index in [2.05, 4.69) is 10.6 Å². The van der Waals surface area contributed by atoms with Gasteiger partial charge in [-0.15, -0.1) is 0 Å². The van der Waals surface area contributed by atoms with Gasteiger partial charge < -0.3 is 10.6 Å². The van der Waals surface area contributed by atoms with Crippen LogP contribution in [0.2, 0.25) is 0 Å². The van der Waals surface area contributed by atoms with Crippen molar-refractivity contribution in [2.75, 3.05) is 18.9 Å². The first kappa shape index (κ1) is 20.0. The van der Waals surface area contributed by atoms with E-state index in [0.717, 1.165) is 28.3 Å². The molecule has 1 fully saturated rings. The normalized spacial score (nSPS) is 14.0. The zero-order chi connectivity index (χ0) is 20.3. The maximum absolute atomic E-state index is 12.7. The van der Waals surface area contributed by atoms with Gasteiger partial charge in [0.2, 0.25) is 21.8 Å². The lowest BCUT2D eigenvalue weighted by molar-refractivity contribution is -0.121. The van der Waals surface area contributed by atoms with Crippen molar-refractivity contribution in [3.05, 3.63) is 48.5 Å². The van der Waals surface area contributed by atoms with Crippen LogP contribution in [0.5, 0.6) is 0 Å². The molecule has 0 saturated heterocycles. The fourth-order valence-corrected chi connectivity index (χ4v) is 3.86. The highest BCUT2D eigenvalue weighted by molar-refractivity contribution is 7.89. The zero-order valence-corrected chi connectivity index (χ0v) is 16.6. The molecule has 0 aromatic heterocycles. The summed E-state index contributed by atoms with van der Waals surface area (Å²) in [6.07, 6.45) is 1.91. The molecular formula is C20H23N3O4S. The number of hydrogen-bond donors (Lipinski definition) is 2. The summed E-state index contributed by atoms with van der Waals surface area (Å²) >= 11 is 0. The first-order chi connectivity index (χ1) is 13.3. The van der Waals surface area contributed by atoms with Gasteiger partial charge in [-0.3, -0.25) is 9.59 Å². The Morgan fingerprint density at radius 2 is 1.54 bits per heavy atom. The van der Waals surface area contributed by atoms with Crippen LogP contribution in [0.1, 0.15) is 19.8 Å². The summed E-state index contributed by atoms with van der Waals surface area (Å²) in [4.78, 5) is 23.1. The molecule has 3 rings (SSSR count). The van der Waals surface area contributed by atoms with Crippen LogP contribution < -0.4 is 10.6 Å². The number of sulfonamides is 1. The molecule has 2 aromatic carbocycles. The van der Waals surface area contributed by atoms with E-state index in [0.29, 0.717) is 5.69 Å². The quantitative estimate of drug-likeness (QED) is 0.744. The van der Waals surface area contributed by atoms with Crippen molar-refractivity contribution >= 4 is 27.5 Å². The smallest absolute Gasteiger partial charge is 0.243 e. The van der Waals surface area contributed by atoms with Gasteiger partial charge in [-0.25, -0.2) is 8.42 Å². The van der Waals surface area contributed by atoms with Crippen LogP contribution in [0.25, 0.3) is 11.1 Å². The molecule has 0 atom stereocenters. The highest BCUT2D eigenvalue weighted by atomic mass is 32.2. The number of rotatable bonds is 7. The topological polar surface area (TPSA) is 95.6 Å². The van der Waals surface area contributed by atoms with E-state index in [4.69, 9.17) is 0 Å². The Kier molecular flexibility index (Phi) is 5.81. The monoisotopic (exact) mass is 401 g/mol. The summed E-state index contributed by atoms with van der Waals surface area (Å²) in [5, 5.41) is 5.48. The van der Waals surface area contributed by atoms with Gasteiger partial charge in [0.25, 0.3) is 0 Å². The van der Waals surface area contributed by atoms with Gasteiger partial charge in [0.15, 0.2) is 0 Å². The van der Waals surface area contributed by atoms with Crippen LogP contribution in [-0.4, -0.2) is 44.2 Å². The minimum Gasteiger partial charge on any atom is -0.352 e. The number of anilines is 1. The molecule has 1 saturated carbocycles. The summed E-state index contributed by atoms with van der Waals surface area (Å²) in [6, 6.07) is 14.0. The number of nitrogens with one attached hydrogen (secondary N) is 2. The van der Waals surface area contributed by atoms with E-state index in [1.165, 1.54) is 26.1 Å². The average molecular weight is 401 g/mol. The van der Waals surface area contributed by atoms with Crippen molar-refractivity contribution in [3.8, 4) is 11.1 Å². The van der Waals surface area contributed by atoms with Gasteiger partial charge in [-0.2, -0.15) is 4.31 Å². The second kappa shape index (κ2) is 8.12. The minimum absolute atomic E-state index is 0.132. The molecule has 0 bridgehead atoms. The van der Waals surface area contributed by atoms with Gasteiger partial charge >= 0.3 is 0 Å². The average Bonchev–Trinajstić information content (AvgIpc) is 3.45. The van der Waals surface area contributed by atoms with Crippen molar-refractivity contribution < 1.29 is 18.0 Å². The molecule has 1 aliphatic carbocycles. The Labute approximate surface area is 164 Å². The fourth-order valence-electron chi connectivity index (χ4n) is 2.74. The molecule has 8 heteroatoms. The lowest BCUT2D eigenvalue weighted by Crippen LogP contribution is -2.39. The molecule has 0 spiro atoms. The summed E-state index contributed by atoms with van der Waals surface area (Å²) in [5.74, 6) is -0.429. The van der Waals surface area contributed by atoms with Crippen LogP contribution >= 0.6 is 0 Å². The van der Waals surface area contributed by atoms with E-state index < -0.39 is 10.0 Å². The van der Waals surface area contributed by atoms with Crippen molar-refractivity contribution in [1.29, 1.82) is 0 Å². The van der Waals surface area contributed by atoms with Crippen molar-refractivity contribution in [2.24, 2.45) is 0 Å². The number of hydrogen-bond acceptors (Lipinski definition) is 4. The molecule has 0 heterocycles. The third-order valence-corrected chi connectivity index (χ3v) is 6.23. The van der Waals surface area contributed by atoms with Crippen LogP contribution in [0.3, 0.4) is 0 Å². The van der Waals surface area contributed by atoms with Crippen molar-refractivity contribution in [2.45, 2.75) is 30.7 Å². The molecule has 2 N–H and O–H groups in total. The SMILES string of the molecule is CC(=O)Nc1ccc(-c2ccc(S(=O)(=O)N(C)CC(=O)NC3CC3)cc2)cc1. The highest BCUT2D eigenvalue weighted by Crippen LogP contribution is 2.24. The van der Waals surface area contributed by atoms with E-state index in [1.54, 1.807) is 24.3 Å². The Balaban J connectivity index is 1.69. The largest absolute Gasteiger partial charge is 0.352 e. The molecule has 2 amide bonds. The summed E-state index contributed by atoms with van der Waals surface area (Å²) in [6.45, 7) is 1.24. The van der Waals surface area contributed by atoms with E-state index in [1.807, 2.05) is 12.1 Å². The Bertz CT molecular complexity index is 966. The molecule has 28 heavy (non-hydrogen) atoms. The Hall–Kier alpha value is -2.71. The van der Waals surface area contributed by atoms with Crippen molar-refractivity contribution in [1.82, 2.24) is 9.62 Å². The molecular weight excluding hydrogens is 378 g/mol. The summed E-state index contributed by atoms with van der Waals surface area (Å²) in [5.41, 5.74) is 2.44. The van der Waals surface area contributed by atoms with Crippen LogP contribution in [0, 0.1) is 0 Å². The molecule has 1 aliphatic rings. The van der Waals surface area contributed by atoms with Gasteiger partial charge in [0, 0.05) is 25.7 Å². The predicted octanol–water partition coefficient (Wildman–Crippen LogP) is 2.21. The molecule has 148 valence electrons. The maximum Gasteiger partial charge on any atom is 0.243 e. The minimum atomic E-state index is -3.74. The van der Waals surface area contributed by atoms with Crippen molar-refractivity contribution in [3.63, 3.8) is 0 Å². The number of amides is 2. The Morgan fingerprint density at radius 3 is 2.04 bits per heavy atom. The highest BCUT2D eigenvalue weighted by Gasteiger charge is 2.27. The number of carbonyl (C=O) groups is 2. The molecule has 0 radical (unpaired) electrons. The van der Waals surface area contributed by atoms with E-state index in [9.17, 15) is 18.0 Å². The van der Waals surface area contributed by atoms with Gasteiger partial charge in [-0.1, -0.05) is 24.3 Å². The lowest BCUT2D eigenvalue weighted by atomic mass is 10.1. The van der Waals surface area contributed by atoms with Crippen LogP contribution in [0.15, 0.2) is 53.4 Å². The molecule has 7 nitrogen and oxygen atoms in total. The first-order valence-corrected chi connectivity index (χ1v) is 10.4. The number of likely N-dealkylation sites (N-methyl/N-ethyl adjacent to an activating group) is 1. The van der Waals surface area contributed by atoms with E-state index >= 15 is 0 Å². The third-order valence-electron chi connectivity index (χ3n) is 4.41. The fraction of sp³-hybridized carbons (Fsp3) is 0.300. The molecule has 0 unspecified atom stereocenters. The van der Waals surface area contributed by atoms with Gasteiger partial charge in [-0.05, 0) is 48.2 Å². The molecule has 2 aromatic rings. The van der Waals surface area contributed by atoms with E-state index in [-0.39, 0.29) is 29.3 Å². The van der Waals surface area contributed by atoms with Gasteiger partial charge in [0.1, 0.15) is 0 Å². The lowest BCUT2D eigenvalue weighted by Gasteiger charge is -2.17. The van der Waals surface area contributed by atoms with Crippen LogP contribution in [-0.2, 0) is 19.6 Å². The first-order valence-electron chi connectivity index (χ1n) is 8.99. The molecule has 0 aliphatic heterocycles. The van der Waals surface area contributed by atoms with Crippen LogP contribution in [0.4, 0.5) is 5.69 Å². The predicted molar refractivity (Wildman–Crippen MR) is 107 cm³/mol. The number of carbonyl (C=O) groups excluding carboxylic acids is 2. The number of benzene rings is 2. The third kappa shape index (κ3) is 4.96. The second-order valence-corrected chi connectivity index (χ2v) is 8.93. The second-order valence-electron chi connectivity index (χ2n) is 6.89. The maximum atomic E-state index is 12.7. The summed E-state index contributed by atoms with van der Waals surface area (Å²) in [7, 11) is -2.34. The standard InChI is InChI=1S/C20H23N3O4S/c1-14(24)21-17-7-3-15(4-8-17)16-5-11-19(12-6-16)28(26,27)23(2)13-20(25)22-18-9-10-18/h3-8,11-12,18H,9-10,13H2,1-2H3,(H,21,24)(H,22,25). The summed E-state index contributed by atoms with van der Waals surface area (Å²) < 4.78 is 26.4. The van der Waals surface area contributed by atoms with Gasteiger partial charge in [0.05, 0.1) is 11.4 Å².